The van der Waals surface area contributed by atoms with Crippen LogP contribution >= 0.6 is 0 Å². The number of nitrogens with zero attached hydrogens (tertiary/aromatic N) is 1. The Morgan fingerprint density at radius 1 is 1.24 bits per heavy atom. The predicted octanol–water partition coefficient (Wildman–Crippen LogP) is -0.132. The Hall–Kier alpha value is -0.660. The lowest BCUT2D eigenvalue weighted by molar-refractivity contribution is -0.156. The molecular weight excluding hydrogens is 244 g/mol. The van der Waals surface area contributed by atoms with Gasteiger partial charge in [0.1, 0.15) is 0 Å². The molecule has 7 heteroatoms. The molecule has 0 radical (unpaired) electrons. The molecule has 17 heavy (non-hydrogen) atoms. The molecule has 1 saturated carbocycles. The number of hydrogen-bond acceptors (Lipinski definition) is 5. The molecule has 6 nitrogen and oxygen atoms in total. The van der Waals surface area contributed by atoms with Gasteiger partial charge in [-0.05, 0) is 25.7 Å². The largest absolute Gasteiger partial charge is 0.371 e. The van der Waals surface area contributed by atoms with Crippen molar-refractivity contribution in [3.63, 3.8) is 0 Å². The van der Waals surface area contributed by atoms with Crippen LogP contribution in [-0.2, 0) is 19.7 Å². The van der Waals surface area contributed by atoms with Crippen LogP contribution in [0.2, 0.25) is 0 Å². The monoisotopic (exact) mass is 262 g/mol. The van der Waals surface area contributed by atoms with Gasteiger partial charge in [0, 0.05) is 20.1 Å². The quantitative estimate of drug-likeness (QED) is 0.714. The minimum atomic E-state index is -3.08. The van der Waals surface area contributed by atoms with Crippen molar-refractivity contribution in [3.8, 4) is 0 Å². The summed E-state index contributed by atoms with van der Waals surface area (Å²) >= 11 is 0. The van der Waals surface area contributed by atoms with Crippen LogP contribution in [0.5, 0.6) is 0 Å². The second-order valence-electron chi connectivity index (χ2n) is 4.54. The van der Waals surface area contributed by atoms with Crippen LogP contribution in [0.4, 0.5) is 0 Å². The molecule has 1 aliphatic heterocycles. The first-order chi connectivity index (χ1) is 8.05. The van der Waals surface area contributed by atoms with Crippen molar-refractivity contribution in [3.05, 3.63) is 0 Å². The zero-order valence-electron chi connectivity index (χ0n) is 9.89. The summed E-state index contributed by atoms with van der Waals surface area (Å²) in [5.74, 6) is -0.482. The molecule has 2 fully saturated rings. The molecule has 2 aliphatic rings. The Kier molecular flexibility index (Phi) is 3.70. The third-order valence-corrected chi connectivity index (χ3v) is 5.69. The summed E-state index contributed by atoms with van der Waals surface area (Å²) in [6, 6.07) is 0. The van der Waals surface area contributed by atoms with E-state index in [2.05, 4.69) is 5.48 Å². The predicted molar refractivity (Wildman–Crippen MR) is 61.4 cm³/mol. The van der Waals surface area contributed by atoms with E-state index in [9.17, 15) is 13.2 Å². The Bertz CT molecular complexity index is 383. The van der Waals surface area contributed by atoms with E-state index in [-0.39, 0.29) is 17.1 Å². The van der Waals surface area contributed by atoms with E-state index in [1.165, 1.54) is 11.4 Å². The Balaban J connectivity index is 1.87. The summed E-state index contributed by atoms with van der Waals surface area (Å²) in [5, 5.41) is -0.164. The van der Waals surface area contributed by atoms with Gasteiger partial charge >= 0.3 is 5.97 Å². The van der Waals surface area contributed by atoms with Crippen molar-refractivity contribution in [1.29, 1.82) is 0 Å². The summed E-state index contributed by atoms with van der Waals surface area (Å²) < 4.78 is 25.4. The van der Waals surface area contributed by atoms with Crippen molar-refractivity contribution >= 4 is 16.0 Å². The first kappa shape index (κ1) is 12.8. The van der Waals surface area contributed by atoms with E-state index >= 15 is 0 Å². The minimum absolute atomic E-state index is 0.164. The van der Waals surface area contributed by atoms with Crippen LogP contribution in [0.15, 0.2) is 0 Å². The number of rotatable bonds is 4. The lowest BCUT2D eigenvalue weighted by Gasteiger charge is -2.29. The lowest BCUT2D eigenvalue weighted by Crippen LogP contribution is -2.42. The van der Waals surface area contributed by atoms with Crippen molar-refractivity contribution in [2.45, 2.75) is 30.9 Å². The van der Waals surface area contributed by atoms with Crippen molar-refractivity contribution in [2.24, 2.45) is 5.92 Å². The fourth-order valence-electron chi connectivity index (χ4n) is 2.11. The van der Waals surface area contributed by atoms with Gasteiger partial charge in [-0.2, -0.15) is 5.48 Å². The highest BCUT2D eigenvalue weighted by molar-refractivity contribution is 7.90. The first-order valence-corrected chi connectivity index (χ1v) is 7.42. The smallest absolute Gasteiger partial charge is 0.327 e. The second-order valence-corrected chi connectivity index (χ2v) is 6.76. The summed E-state index contributed by atoms with van der Waals surface area (Å²) in [5.41, 5.74) is 2.35. The number of hydroxylamine groups is 1. The second kappa shape index (κ2) is 4.91. The number of hydrogen-bond donors (Lipinski definition) is 1. The fourth-order valence-corrected chi connectivity index (χ4v) is 3.98. The van der Waals surface area contributed by atoms with Gasteiger partial charge in [0.25, 0.3) is 0 Å². The van der Waals surface area contributed by atoms with E-state index in [4.69, 9.17) is 4.84 Å². The van der Waals surface area contributed by atoms with Crippen LogP contribution in [-0.4, -0.2) is 44.1 Å². The standard InChI is InChI=1S/C10H18N2O4S/c1-11-16-10(13)8-4-6-12(7-5-8)17(14,15)9-2-3-9/h8-9,11H,2-7H2,1H3. The molecule has 1 saturated heterocycles. The molecule has 0 aromatic carbocycles. The van der Waals surface area contributed by atoms with E-state index < -0.39 is 10.0 Å². The van der Waals surface area contributed by atoms with Crippen LogP contribution in [0.3, 0.4) is 0 Å². The van der Waals surface area contributed by atoms with Gasteiger partial charge in [0.15, 0.2) is 0 Å². The Labute approximate surface area is 101 Å². The average Bonchev–Trinajstić information content (AvgIpc) is 3.13. The SMILES string of the molecule is CNOC(=O)C1CCN(S(=O)(=O)C2CC2)CC1. The molecule has 0 bridgehead atoms. The highest BCUT2D eigenvalue weighted by Gasteiger charge is 2.41. The zero-order valence-corrected chi connectivity index (χ0v) is 10.7. The van der Waals surface area contributed by atoms with Gasteiger partial charge < -0.3 is 4.84 Å². The van der Waals surface area contributed by atoms with Crippen molar-refractivity contribution < 1.29 is 18.0 Å². The maximum atomic E-state index is 11.9. The zero-order chi connectivity index (χ0) is 12.5. The highest BCUT2D eigenvalue weighted by Crippen LogP contribution is 2.33. The molecule has 0 unspecified atom stereocenters. The Morgan fingerprint density at radius 2 is 1.82 bits per heavy atom. The number of nitrogens with one attached hydrogen (secondary N) is 1. The van der Waals surface area contributed by atoms with Gasteiger partial charge in [-0.1, -0.05) is 0 Å². The number of carbonyl (C=O) groups excluding carboxylic acids is 1. The van der Waals surface area contributed by atoms with Gasteiger partial charge in [0.05, 0.1) is 11.2 Å². The van der Waals surface area contributed by atoms with Crippen LogP contribution < -0.4 is 5.48 Å². The first-order valence-electron chi connectivity index (χ1n) is 5.92. The van der Waals surface area contributed by atoms with E-state index in [0.717, 1.165) is 12.8 Å². The van der Waals surface area contributed by atoms with E-state index in [1.54, 1.807) is 0 Å². The molecule has 0 aromatic rings. The molecule has 0 atom stereocenters. The summed E-state index contributed by atoms with van der Waals surface area (Å²) in [4.78, 5) is 16.2. The molecular formula is C10H18N2O4S. The van der Waals surface area contributed by atoms with Gasteiger partial charge in [-0.15, -0.1) is 0 Å². The lowest BCUT2D eigenvalue weighted by atomic mass is 9.99. The van der Waals surface area contributed by atoms with Gasteiger partial charge in [0.2, 0.25) is 10.0 Å². The number of sulfonamides is 1. The molecule has 1 N–H and O–H groups in total. The van der Waals surface area contributed by atoms with E-state index in [1.807, 2.05) is 0 Å². The maximum absolute atomic E-state index is 11.9. The topological polar surface area (TPSA) is 75.7 Å². The average molecular weight is 262 g/mol. The minimum Gasteiger partial charge on any atom is -0.371 e. The molecule has 0 spiro atoms. The summed E-state index contributed by atoms with van der Waals surface area (Å²) in [6.45, 7) is 0.866. The van der Waals surface area contributed by atoms with Crippen LogP contribution in [0.1, 0.15) is 25.7 Å². The highest BCUT2D eigenvalue weighted by atomic mass is 32.2. The Morgan fingerprint density at radius 3 is 2.29 bits per heavy atom. The van der Waals surface area contributed by atoms with Crippen LogP contribution in [0, 0.1) is 5.92 Å². The molecule has 0 amide bonds. The van der Waals surface area contributed by atoms with Gasteiger partial charge in [-0.3, -0.25) is 4.79 Å². The van der Waals surface area contributed by atoms with Crippen molar-refractivity contribution in [1.82, 2.24) is 9.79 Å². The molecule has 1 aliphatic carbocycles. The fraction of sp³-hybridized carbons (Fsp3) is 0.900. The molecule has 1 heterocycles. The van der Waals surface area contributed by atoms with E-state index in [0.29, 0.717) is 25.9 Å². The normalized spacial score (nSPS) is 23.6. The van der Waals surface area contributed by atoms with Gasteiger partial charge in [-0.25, -0.2) is 12.7 Å². The summed E-state index contributed by atoms with van der Waals surface area (Å²) in [6.07, 6.45) is 2.66. The third kappa shape index (κ3) is 2.78. The van der Waals surface area contributed by atoms with Crippen LogP contribution in [0.25, 0.3) is 0 Å². The maximum Gasteiger partial charge on any atom is 0.327 e. The van der Waals surface area contributed by atoms with Crippen molar-refractivity contribution in [2.75, 3.05) is 20.1 Å². The summed E-state index contributed by atoms with van der Waals surface area (Å²) in [7, 11) is -1.55. The molecule has 98 valence electrons. The molecule has 0 aromatic heterocycles. The molecule has 2 rings (SSSR count). The third-order valence-electron chi connectivity index (χ3n) is 3.30. The number of piperidine rings is 1. The number of carbonyl (C=O) groups is 1.